The van der Waals surface area contributed by atoms with Gasteiger partial charge in [-0.1, -0.05) is 79.7 Å². The number of nitrogens with zero attached hydrogens (tertiary/aromatic N) is 2. The number of likely N-dealkylation sites (tertiary alicyclic amines) is 1. The lowest BCUT2D eigenvalue weighted by molar-refractivity contribution is -0.140. The highest BCUT2D eigenvalue weighted by molar-refractivity contribution is 6.46. The zero-order chi connectivity index (χ0) is 28.4. The van der Waals surface area contributed by atoms with Crippen molar-refractivity contribution < 1.29 is 19.4 Å². The van der Waals surface area contributed by atoms with Crippen LogP contribution in [0.5, 0.6) is 5.75 Å². The molecule has 1 N–H and O–H groups in total. The maximum absolute atomic E-state index is 13.5. The number of rotatable bonds is 8. The molecule has 6 heteroatoms. The van der Waals surface area contributed by atoms with Crippen LogP contribution in [0.3, 0.4) is 0 Å². The Morgan fingerprint density at radius 1 is 0.947 bits per heavy atom. The molecule has 1 fully saturated rings. The fraction of sp³-hybridized carbons (Fsp3) is 0.500. The second kappa shape index (κ2) is 11.3. The van der Waals surface area contributed by atoms with Crippen molar-refractivity contribution in [1.29, 1.82) is 0 Å². The van der Waals surface area contributed by atoms with Crippen LogP contribution < -0.4 is 4.74 Å². The quantitative estimate of drug-likeness (QED) is 0.261. The molecule has 6 nitrogen and oxygen atoms in total. The van der Waals surface area contributed by atoms with Crippen molar-refractivity contribution in [1.82, 2.24) is 9.80 Å². The van der Waals surface area contributed by atoms with Gasteiger partial charge in [0.1, 0.15) is 11.5 Å². The van der Waals surface area contributed by atoms with Crippen LogP contribution in [-0.2, 0) is 20.4 Å². The van der Waals surface area contributed by atoms with E-state index >= 15 is 0 Å². The van der Waals surface area contributed by atoms with Crippen molar-refractivity contribution in [3.63, 3.8) is 0 Å². The third-order valence-electron chi connectivity index (χ3n) is 7.46. The van der Waals surface area contributed by atoms with Gasteiger partial charge in [-0.25, -0.2) is 0 Å². The Labute approximate surface area is 228 Å². The average molecular weight is 521 g/mol. The number of ketones is 1. The predicted octanol–water partition coefficient (Wildman–Crippen LogP) is 6.05. The molecule has 0 spiro atoms. The second-order valence-electron chi connectivity index (χ2n) is 12.1. The van der Waals surface area contributed by atoms with E-state index in [9.17, 15) is 14.7 Å². The molecule has 1 heterocycles. The predicted molar refractivity (Wildman–Crippen MR) is 154 cm³/mol. The number of carbonyl (C=O) groups excluding carboxylic acids is 2. The molecule has 2 aromatic carbocycles. The van der Waals surface area contributed by atoms with E-state index in [-0.39, 0.29) is 22.2 Å². The summed E-state index contributed by atoms with van der Waals surface area (Å²) in [6.07, 6.45) is 0. The van der Waals surface area contributed by atoms with Gasteiger partial charge in [-0.15, -0.1) is 0 Å². The monoisotopic (exact) mass is 520 g/mol. The van der Waals surface area contributed by atoms with E-state index in [1.807, 2.05) is 30.3 Å². The Morgan fingerprint density at radius 3 is 2.05 bits per heavy atom. The number of aliphatic hydroxyl groups excluding tert-OH is 1. The molecular formula is C32H44N2O4. The van der Waals surface area contributed by atoms with Gasteiger partial charge in [0.15, 0.2) is 0 Å². The summed E-state index contributed by atoms with van der Waals surface area (Å²) >= 11 is 0. The Balaban J connectivity index is 2.18. The van der Waals surface area contributed by atoms with E-state index < -0.39 is 17.7 Å². The third-order valence-corrected chi connectivity index (χ3v) is 7.46. The average Bonchev–Trinajstić information content (AvgIpc) is 3.12. The van der Waals surface area contributed by atoms with Crippen LogP contribution in [-0.4, -0.2) is 59.9 Å². The molecule has 3 rings (SSSR count). The van der Waals surface area contributed by atoms with Gasteiger partial charge in [-0.2, -0.15) is 0 Å². The van der Waals surface area contributed by atoms with Crippen molar-refractivity contribution in [2.24, 2.45) is 0 Å². The molecule has 0 aromatic heterocycles. The fourth-order valence-corrected chi connectivity index (χ4v) is 5.01. The van der Waals surface area contributed by atoms with Crippen LogP contribution in [0.4, 0.5) is 0 Å². The van der Waals surface area contributed by atoms with Crippen molar-refractivity contribution in [3.05, 3.63) is 70.3 Å². The summed E-state index contributed by atoms with van der Waals surface area (Å²) in [5.41, 5.74) is 3.21. The highest BCUT2D eigenvalue weighted by atomic mass is 16.5. The van der Waals surface area contributed by atoms with Gasteiger partial charge in [0.25, 0.3) is 11.7 Å². The van der Waals surface area contributed by atoms with Crippen LogP contribution >= 0.6 is 0 Å². The number of ether oxygens (including phenoxy) is 1. The first-order chi connectivity index (χ1) is 17.7. The first-order valence-electron chi connectivity index (χ1n) is 13.5. The van der Waals surface area contributed by atoms with Gasteiger partial charge in [-0.3, -0.25) is 9.59 Å². The normalized spacial score (nSPS) is 17.9. The van der Waals surface area contributed by atoms with E-state index in [0.717, 1.165) is 29.8 Å². The lowest BCUT2D eigenvalue weighted by Crippen LogP contribution is -2.38. The highest BCUT2D eigenvalue weighted by Crippen LogP contribution is 2.41. The summed E-state index contributed by atoms with van der Waals surface area (Å²) in [6, 6.07) is 12.8. The van der Waals surface area contributed by atoms with Gasteiger partial charge in [0.05, 0.1) is 18.7 Å². The molecule has 1 saturated heterocycles. The van der Waals surface area contributed by atoms with Crippen LogP contribution in [0.25, 0.3) is 5.76 Å². The van der Waals surface area contributed by atoms with Crippen LogP contribution in [0, 0.1) is 0 Å². The zero-order valence-electron chi connectivity index (χ0n) is 24.5. The SMILES string of the molecule is CCN(CC)CCN1C(=O)C(=O)/C(=C(\O)c2ccc(OC)c(C(C)(C)C)c2)C1c1ccc(C(C)(C)C)cc1. The minimum absolute atomic E-state index is 0.0322. The summed E-state index contributed by atoms with van der Waals surface area (Å²) in [5, 5.41) is 11.6. The summed E-state index contributed by atoms with van der Waals surface area (Å²) in [7, 11) is 1.62. The number of benzene rings is 2. The molecule has 0 aliphatic carbocycles. The Bertz CT molecular complexity index is 1200. The van der Waals surface area contributed by atoms with Crippen molar-refractivity contribution >= 4 is 17.4 Å². The first-order valence-corrected chi connectivity index (χ1v) is 13.5. The van der Waals surface area contributed by atoms with Gasteiger partial charge in [0, 0.05) is 24.2 Å². The minimum Gasteiger partial charge on any atom is -0.507 e. The van der Waals surface area contributed by atoms with Crippen molar-refractivity contribution in [2.75, 3.05) is 33.3 Å². The van der Waals surface area contributed by atoms with Crippen molar-refractivity contribution in [3.8, 4) is 5.75 Å². The van der Waals surface area contributed by atoms with Crippen molar-refractivity contribution in [2.45, 2.75) is 72.3 Å². The molecule has 1 unspecified atom stereocenters. The maximum atomic E-state index is 13.5. The van der Waals surface area contributed by atoms with Crippen LogP contribution in [0.2, 0.25) is 0 Å². The number of aliphatic hydroxyl groups is 1. The van der Waals surface area contributed by atoms with Gasteiger partial charge < -0.3 is 19.6 Å². The minimum atomic E-state index is -0.667. The lowest BCUT2D eigenvalue weighted by Gasteiger charge is -2.29. The Kier molecular flexibility index (Phi) is 8.77. The molecule has 38 heavy (non-hydrogen) atoms. The fourth-order valence-electron chi connectivity index (χ4n) is 5.01. The molecule has 1 aliphatic rings. The van der Waals surface area contributed by atoms with E-state index in [4.69, 9.17) is 4.74 Å². The molecule has 1 amide bonds. The van der Waals surface area contributed by atoms with E-state index in [1.54, 1.807) is 24.1 Å². The number of likely N-dealkylation sites (N-methyl/N-ethyl adjacent to an activating group) is 1. The molecule has 206 valence electrons. The van der Waals surface area contributed by atoms with Gasteiger partial charge in [-0.05, 0) is 53.2 Å². The van der Waals surface area contributed by atoms with Crippen LogP contribution in [0.15, 0.2) is 48.0 Å². The van der Waals surface area contributed by atoms with Crippen LogP contribution in [0.1, 0.15) is 83.7 Å². The second-order valence-corrected chi connectivity index (χ2v) is 12.1. The molecule has 2 aromatic rings. The summed E-state index contributed by atoms with van der Waals surface area (Å²) < 4.78 is 5.56. The number of methoxy groups -OCH3 is 1. The number of carbonyl (C=O) groups is 2. The number of Topliss-reactive ketones (excluding diaryl/α,β-unsaturated/α-hetero) is 1. The van der Waals surface area contributed by atoms with E-state index in [0.29, 0.717) is 24.4 Å². The molecule has 0 bridgehead atoms. The first kappa shape index (κ1) is 29.4. The Morgan fingerprint density at radius 2 is 1.55 bits per heavy atom. The highest BCUT2D eigenvalue weighted by Gasteiger charge is 2.46. The van der Waals surface area contributed by atoms with Gasteiger partial charge in [0.2, 0.25) is 0 Å². The smallest absolute Gasteiger partial charge is 0.295 e. The molecule has 0 saturated carbocycles. The molecule has 1 atom stereocenters. The summed E-state index contributed by atoms with van der Waals surface area (Å²) in [6.45, 7) is 19.6. The molecule has 1 aliphatic heterocycles. The third kappa shape index (κ3) is 5.96. The van der Waals surface area contributed by atoms with E-state index in [2.05, 4.69) is 60.3 Å². The molecular weight excluding hydrogens is 476 g/mol. The topological polar surface area (TPSA) is 70.1 Å². The zero-order valence-corrected chi connectivity index (χ0v) is 24.5. The number of amides is 1. The number of hydrogen-bond acceptors (Lipinski definition) is 5. The standard InChI is InChI=1S/C32H44N2O4/c1-10-33(11-2)18-19-34-27(21-12-15-23(16-13-21)31(3,4)5)26(29(36)30(34)37)28(35)22-14-17-25(38-9)24(20-22)32(6,7)8/h12-17,20,27,35H,10-11,18-19H2,1-9H3/b28-26-. The lowest BCUT2D eigenvalue weighted by atomic mass is 9.84. The maximum Gasteiger partial charge on any atom is 0.295 e. The number of hydrogen-bond donors (Lipinski definition) is 1. The van der Waals surface area contributed by atoms with Gasteiger partial charge >= 0.3 is 0 Å². The van der Waals surface area contributed by atoms with E-state index in [1.165, 1.54) is 0 Å². The summed E-state index contributed by atoms with van der Waals surface area (Å²) in [4.78, 5) is 30.7. The molecule has 0 radical (unpaired) electrons. The Hall–Kier alpha value is -3.12. The largest absolute Gasteiger partial charge is 0.507 e. The summed E-state index contributed by atoms with van der Waals surface area (Å²) in [5.74, 6) is -0.678.